The van der Waals surface area contributed by atoms with Gasteiger partial charge in [0.25, 0.3) is 0 Å². The maximum Gasteiger partial charge on any atom is 0.416 e. The third kappa shape index (κ3) is 5.94. The highest BCUT2D eigenvalue weighted by Gasteiger charge is 2.31. The van der Waals surface area contributed by atoms with Gasteiger partial charge in [0.1, 0.15) is 11.6 Å². The summed E-state index contributed by atoms with van der Waals surface area (Å²) in [5, 5.41) is 10.9. The number of aromatic nitrogens is 3. The molecule has 0 fully saturated rings. The van der Waals surface area contributed by atoms with Gasteiger partial charge in [-0.15, -0.1) is 10.2 Å². The highest BCUT2D eigenvalue weighted by Crippen LogP contribution is 2.32. The van der Waals surface area contributed by atoms with Crippen molar-refractivity contribution in [3.05, 3.63) is 71.3 Å². The lowest BCUT2D eigenvalue weighted by atomic mass is 10.1. The van der Waals surface area contributed by atoms with Gasteiger partial charge in [0.2, 0.25) is 5.91 Å². The lowest BCUT2D eigenvalue weighted by Crippen LogP contribution is -2.23. The summed E-state index contributed by atoms with van der Waals surface area (Å²) in [6, 6.07) is 9.72. The molecule has 11 heteroatoms. The minimum atomic E-state index is -4.54. The summed E-state index contributed by atoms with van der Waals surface area (Å²) in [7, 11) is 0. The van der Waals surface area contributed by atoms with Crippen LogP contribution < -0.4 is 5.32 Å². The van der Waals surface area contributed by atoms with Crippen molar-refractivity contribution in [2.75, 3.05) is 12.3 Å². The second-order valence-electron chi connectivity index (χ2n) is 6.73. The molecule has 0 bridgehead atoms. The van der Waals surface area contributed by atoms with Gasteiger partial charge in [-0.05, 0) is 42.5 Å². The average molecular weight is 466 g/mol. The van der Waals surface area contributed by atoms with Gasteiger partial charge in [0.15, 0.2) is 10.9 Å². The highest BCUT2D eigenvalue weighted by molar-refractivity contribution is 7.99. The number of hydrogen-bond acceptors (Lipinski definition) is 5. The van der Waals surface area contributed by atoms with E-state index in [2.05, 4.69) is 15.5 Å². The van der Waals surface area contributed by atoms with E-state index >= 15 is 0 Å². The van der Waals surface area contributed by atoms with Crippen LogP contribution in [-0.2, 0) is 17.4 Å². The number of ketones is 1. The minimum Gasteiger partial charge on any atom is -0.356 e. The standard InChI is InChI=1S/C21H18F4N4O2S/c1-13(30)26-10-9-19-27-28-20(32-12-18(31)14-5-7-16(22)8-6-14)29(19)17-4-2-3-15(11-17)21(23,24)25/h2-8,11H,9-10,12H2,1H3,(H,26,30). The molecule has 168 valence electrons. The Morgan fingerprint density at radius 2 is 1.81 bits per heavy atom. The molecule has 1 aromatic heterocycles. The molecular formula is C21H18F4N4O2S. The van der Waals surface area contributed by atoms with Crippen LogP contribution in [0.2, 0.25) is 0 Å². The van der Waals surface area contributed by atoms with Crippen molar-refractivity contribution in [3.8, 4) is 5.69 Å². The molecule has 0 radical (unpaired) electrons. The summed E-state index contributed by atoms with van der Waals surface area (Å²) in [5.74, 6) is -0.769. The lowest BCUT2D eigenvalue weighted by Gasteiger charge is -2.13. The van der Waals surface area contributed by atoms with E-state index < -0.39 is 17.6 Å². The molecule has 0 saturated heterocycles. The Morgan fingerprint density at radius 3 is 2.47 bits per heavy atom. The van der Waals surface area contributed by atoms with Gasteiger partial charge < -0.3 is 5.32 Å². The molecule has 0 atom stereocenters. The minimum absolute atomic E-state index is 0.0750. The zero-order chi connectivity index (χ0) is 23.3. The van der Waals surface area contributed by atoms with E-state index in [0.29, 0.717) is 11.4 Å². The van der Waals surface area contributed by atoms with E-state index in [9.17, 15) is 27.2 Å². The van der Waals surface area contributed by atoms with Crippen molar-refractivity contribution < 1.29 is 27.2 Å². The predicted octanol–water partition coefficient (Wildman–Crippen LogP) is 4.08. The molecule has 3 aromatic rings. The Labute approximate surface area is 185 Å². The number of nitrogens with zero attached hydrogens (tertiary/aromatic N) is 3. The molecule has 32 heavy (non-hydrogen) atoms. The number of carbonyl (C=O) groups is 2. The summed E-state index contributed by atoms with van der Waals surface area (Å²) in [5.41, 5.74) is -0.357. The fourth-order valence-corrected chi connectivity index (χ4v) is 3.70. The van der Waals surface area contributed by atoms with Gasteiger partial charge in [-0.2, -0.15) is 13.2 Å². The fraction of sp³-hybridized carbons (Fsp3) is 0.238. The molecule has 3 rings (SSSR count). The number of amides is 1. The molecule has 0 aliphatic carbocycles. The van der Waals surface area contributed by atoms with Crippen LogP contribution >= 0.6 is 11.8 Å². The number of alkyl halides is 3. The number of hydrogen-bond donors (Lipinski definition) is 1. The Hall–Kier alpha value is -3.21. The molecule has 1 heterocycles. The fourth-order valence-electron chi connectivity index (χ4n) is 2.84. The highest BCUT2D eigenvalue weighted by atomic mass is 32.2. The van der Waals surface area contributed by atoms with Crippen LogP contribution in [0.4, 0.5) is 17.6 Å². The molecule has 0 saturated carbocycles. The monoisotopic (exact) mass is 466 g/mol. The van der Waals surface area contributed by atoms with Crippen LogP contribution in [0.15, 0.2) is 53.7 Å². The molecule has 0 aliphatic heterocycles. The molecule has 0 unspecified atom stereocenters. The first kappa shape index (κ1) is 23.5. The maximum atomic E-state index is 13.2. The third-order valence-corrected chi connectivity index (χ3v) is 5.28. The zero-order valence-corrected chi connectivity index (χ0v) is 17.6. The predicted molar refractivity (Wildman–Crippen MR) is 110 cm³/mol. The molecule has 0 aliphatic rings. The molecule has 0 spiro atoms. The van der Waals surface area contributed by atoms with E-state index in [1.54, 1.807) is 0 Å². The Morgan fingerprint density at radius 1 is 1.09 bits per heavy atom. The molecule has 2 aromatic carbocycles. The van der Waals surface area contributed by atoms with Gasteiger partial charge in [0, 0.05) is 31.1 Å². The van der Waals surface area contributed by atoms with Crippen molar-refractivity contribution in [3.63, 3.8) is 0 Å². The van der Waals surface area contributed by atoms with Gasteiger partial charge in [0.05, 0.1) is 11.3 Å². The SMILES string of the molecule is CC(=O)NCCc1nnc(SCC(=O)c2ccc(F)cc2)n1-c1cccc(C(F)(F)F)c1. The second kappa shape index (κ2) is 9.94. The topological polar surface area (TPSA) is 76.9 Å². The van der Waals surface area contributed by atoms with Crippen LogP contribution in [0.1, 0.15) is 28.7 Å². The van der Waals surface area contributed by atoms with Gasteiger partial charge >= 0.3 is 6.18 Å². The summed E-state index contributed by atoms with van der Waals surface area (Å²) >= 11 is 1.00. The van der Waals surface area contributed by atoms with E-state index in [1.807, 2.05) is 0 Å². The molecular weight excluding hydrogens is 448 g/mol. The van der Waals surface area contributed by atoms with Crippen LogP contribution in [-0.4, -0.2) is 38.8 Å². The van der Waals surface area contributed by atoms with Crippen molar-refractivity contribution >= 4 is 23.5 Å². The number of benzene rings is 2. The normalized spacial score (nSPS) is 11.4. The number of Topliss-reactive ketones (excluding diaryl/α,β-unsaturated/α-hetero) is 1. The number of carbonyl (C=O) groups excluding carboxylic acids is 2. The summed E-state index contributed by atoms with van der Waals surface area (Å²) < 4.78 is 54.1. The van der Waals surface area contributed by atoms with Gasteiger partial charge in [-0.1, -0.05) is 17.8 Å². The van der Waals surface area contributed by atoms with Crippen LogP contribution in [0.3, 0.4) is 0 Å². The second-order valence-corrected chi connectivity index (χ2v) is 7.68. The Balaban J connectivity index is 1.89. The first-order valence-corrected chi connectivity index (χ1v) is 10.4. The number of nitrogens with one attached hydrogen (secondary N) is 1. The maximum absolute atomic E-state index is 13.2. The lowest BCUT2D eigenvalue weighted by molar-refractivity contribution is -0.137. The van der Waals surface area contributed by atoms with Gasteiger partial charge in [-0.25, -0.2) is 4.39 Å². The van der Waals surface area contributed by atoms with Crippen molar-refractivity contribution in [1.82, 2.24) is 20.1 Å². The first-order valence-electron chi connectivity index (χ1n) is 9.43. The molecule has 1 N–H and O–H groups in total. The van der Waals surface area contributed by atoms with E-state index in [0.717, 1.165) is 23.9 Å². The smallest absolute Gasteiger partial charge is 0.356 e. The third-order valence-electron chi connectivity index (χ3n) is 4.35. The quantitative estimate of drug-likeness (QED) is 0.308. The van der Waals surface area contributed by atoms with Crippen molar-refractivity contribution in [2.45, 2.75) is 24.7 Å². The van der Waals surface area contributed by atoms with Crippen molar-refractivity contribution in [2.24, 2.45) is 0 Å². The van der Waals surface area contributed by atoms with E-state index in [-0.39, 0.29) is 41.3 Å². The van der Waals surface area contributed by atoms with E-state index in [4.69, 9.17) is 0 Å². The first-order chi connectivity index (χ1) is 15.1. The van der Waals surface area contributed by atoms with Gasteiger partial charge in [-0.3, -0.25) is 14.2 Å². The zero-order valence-electron chi connectivity index (χ0n) is 16.8. The summed E-state index contributed by atoms with van der Waals surface area (Å²) in [6.07, 6.45) is -4.32. The van der Waals surface area contributed by atoms with Crippen molar-refractivity contribution in [1.29, 1.82) is 0 Å². The summed E-state index contributed by atoms with van der Waals surface area (Å²) in [4.78, 5) is 23.6. The summed E-state index contributed by atoms with van der Waals surface area (Å²) in [6.45, 7) is 1.56. The molecule has 6 nitrogen and oxygen atoms in total. The number of rotatable bonds is 8. The Bertz CT molecular complexity index is 1110. The van der Waals surface area contributed by atoms with Crippen LogP contribution in [0.25, 0.3) is 5.69 Å². The van der Waals surface area contributed by atoms with Crippen LogP contribution in [0.5, 0.6) is 0 Å². The molecule has 1 amide bonds. The van der Waals surface area contributed by atoms with E-state index in [1.165, 1.54) is 47.9 Å². The average Bonchev–Trinajstić information content (AvgIpc) is 3.14. The number of thioether (sulfide) groups is 1. The Kier molecular flexibility index (Phi) is 7.29. The number of halogens is 4. The largest absolute Gasteiger partial charge is 0.416 e. The van der Waals surface area contributed by atoms with Crippen LogP contribution in [0, 0.1) is 5.82 Å².